The van der Waals surface area contributed by atoms with E-state index in [-0.39, 0.29) is 139 Å². The van der Waals surface area contributed by atoms with E-state index in [1.165, 1.54) is 59.1 Å². The molecule has 1 unspecified atom stereocenters. The van der Waals surface area contributed by atoms with Crippen molar-refractivity contribution in [1.29, 1.82) is 0 Å². The number of para-hydroxylation sites is 1. The number of allylic oxidation sites excluding steroid dienone is 1. The minimum atomic E-state index is -1.62. The number of nitrogens with one attached hydrogen (secondary N) is 9. The number of carbonyl (C=O) groups is 15. The van der Waals surface area contributed by atoms with E-state index in [1.807, 2.05) is 17.4 Å². The van der Waals surface area contributed by atoms with Crippen molar-refractivity contribution in [3.63, 3.8) is 0 Å². The van der Waals surface area contributed by atoms with Crippen molar-refractivity contribution in [1.82, 2.24) is 81.3 Å². The topological polar surface area (TPSA) is 665 Å². The molecule has 1 aromatic carbocycles. The van der Waals surface area contributed by atoms with Gasteiger partial charge in [-0.1, -0.05) is 30.3 Å². The summed E-state index contributed by atoms with van der Waals surface area (Å²) in [4.78, 5) is 242. The Bertz CT molecular complexity index is 5280. The maximum Gasteiger partial charge on any atom is 0.386 e. The first-order valence-corrected chi connectivity index (χ1v) is 38.5. The molecule has 0 saturated heterocycles. The van der Waals surface area contributed by atoms with Gasteiger partial charge in [-0.15, -0.1) is 0 Å². The Hall–Kier alpha value is -14.8. The lowest BCUT2D eigenvalue weighted by Gasteiger charge is -2.33. The average Bonchev–Trinajstić information content (AvgIpc) is 0.644. The summed E-state index contributed by atoms with van der Waals surface area (Å²) in [6.45, 7) is 1.49. The van der Waals surface area contributed by atoms with Crippen molar-refractivity contribution in [3.05, 3.63) is 178 Å². The molecular weight excluding hydrogens is 1630 g/mol. The van der Waals surface area contributed by atoms with Crippen molar-refractivity contribution >= 4 is 100 Å². The van der Waals surface area contributed by atoms with Gasteiger partial charge >= 0.3 is 47.8 Å². The Balaban J connectivity index is 0.988. The predicted octanol–water partition coefficient (Wildman–Crippen LogP) is -2.17. The van der Waals surface area contributed by atoms with Crippen LogP contribution < -0.4 is 64.5 Å². The molecule has 6 heterocycles. The summed E-state index contributed by atoms with van der Waals surface area (Å²) in [6.07, 6.45) is 1.63. The van der Waals surface area contributed by atoms with Gasteiger partial charge < -0.3 is 98.9 Å². The maximum atomic E-state index is 14.1. The number of aliphatic hydroxyl groups excluding tert-OH is 1. The molecule has 45 heteroatoms. The lowest BCUT2D eigenvalue weighted by molar-refractivity contribution is -0.786. The Kier molecular flexibility index (Phi) is 34.6. The number of urea groups is 1. The fourth-order valence-corrected chi connectivity index (χ4v) is 13.0. The summed E-state index contributed by atoms with van der Waals surface area (Å²) in [7, 11) is 1.32. The highest BCUT2D eigenvalue weighted by Crippen LogP contribution is 2.28. The van der Waals surface area contributed by atoms with E-state index in [0.29, 0.717) is 16.8 Å². The van der Waals surface area contributed by atoms with Crippen LogP contribution in [-0.2, 0) is 80.5 Å². The fourth-order valence-electron chi connectivity index (χ4n) is 13.0. The first-order valence-electron chi connectivity index (χ1n) is 38.5. The molecule has 664 valence electrons. The van der Waals surface area contributed by atoms with Crippen LogP contribution >= 0.6 is 0 Å². The second-order valence-electron chi connectivity index (χ2n) is 28.9. The van der Waals surface area contributed by atoms with Gasteiger partial charge in [0.25, 0.3) is 52.1 Å². The highest BCUT2D eigenvalue weighted by atomic mass is 16.4. The zero-order valence-electron chi connectivity index (χ0n) is 67.9. The second kappa shape index (κ2) is 44.5. The van der Waals surface area contributed by atoms with Crippen molar-refractivity contribution in [2.75, 3.05) is 85.6 Å². The third-order valence-electron chi connectivity index (χ3n) is 19.9. The SMILES string of the molecule is CC1=CC(C(=O)NCCN(CCCN(CCNC(=O)c2cc(C)n(CC(=O)O)c(=O)c2O)CCNC(=O)c2cc(C)n(CC(=O)O)c(=O)c2O)CCNC(=O)c2cc(C)n(CC(=O)O)c(=O)c2O)=C(O)C(=O)[N+]1(C)CC(=O)NCc1ccc(C(=O)N[C@@H](Cc2ccc3ccccc3n2)C(=O)NCCCC[C@H](NC(=O)N[C@@H](CCC(=O)O)C(=O)O)C(=O)O)nc1. The molecule has 7 rings (SSSR count). The monoisotopic (exact) mass is 1730 g/mol. The van der Waals surface area contributed by atoms with Crippen molar-refractivity contribution in [3.8, 4) is 17.2 Å². The minimum absolute atomic E-state index is 0.0208. The van der Waals surface area contributed by atoms with E-state index >= 15 is 0 Å². The van der Waals surface area contributed by atoms with Gasteiger partial charge in [-0.2, -0.15) is 0 Å². The lowest BCUT2D eigenvalue weighted by atomic mass is 10.0. The van der Waals surface area contributed by atoms with Gasteiger partial charge in [0, 0.05) is 126 Å². The van der Waals surface area contributed by atoms with Crippen LogP contribution in [0.3, 0.4) is 0 Å². The van der Waals surface area contributed by atoms with E-state index in [1.54, 1.807) is 34.1 Å². The number of unbranched alkanes of at least 4 members (excludes halogenated alkanes) is 1. The summed E-state index contributed by atoms with van der Waals surface area (Å²) in [5, 5.41) is 123. The molecular formula is C79H96N17O28+. The molecule has 1 aliphatic rings. The molecule has 5 aromatic heterocycles. The Morgan fingerprint density at radius 3 is 1.40 bits per heavy atom. The van der Waals surface area contributed by atoms with Gasteiger partial charge in [0.1, 0.15) is 49.2 Å². The van der Waals surface area contributed by atoms with E-state index in [2.05, 4.69) is 52.5 Å². The maximum absolute atomic E-state index is 14.1. The number of amides is 10. The average molecular weight is 1730 g/mol. The van der Waals surface area contributed by atoms with Crippen LogP contribution in [0, 0.1) is 20.8 Å². The number of fused-ring (bicyclic) bond motifs is 1. The number of aliphatic carboxylic acids is 6. The normalized spacial score (nSPS) is 13.8. The van der Waals surface area contributed by atoms with E-state index < -0.39 is 213 Å². The highest BCUT2D eigenvalue weighted by molar-refractivity contribution is 6.05. The van der Waals surface area contributed by atoms with Crippen molar-refractivity contribution in [2.45, 2.75) is 117 Å². The van der Waals surface area contributed by atoms with Gasteiger partial charge in [-0.25, -0.2) is 23.7 Å². The summed E-state index contributed by atoms with van der Waals surface area (Å²) >= 11 is 0. The second-order valence-corrected chi connectivity index (χ2v) is 28.9. The van der Waals surface area contributed by atoms with E-state index in [9.17, 15) is 132 Å². The Morgan fingerprint density at radius 1 is 0.484 bits per heavy atom. The number of carbonyl (C=O) groups excluding carboxylic acids is 9. The van der Waals surface area contributed by atoms with Crippen LogP contribution in [0.4, 0.5) is 4.79 Å². The molecule has 0 radical (unpaired) electrons. The third-order valence-corrected chi connectivity index (χ3v) is 19.9. The number of aromatic nitrogens is 5. The number of aliphatic hydroxyl groups is 1. The molecule has 124 heavy (non-hydrogen) atoms. The molecule has 0 spiro atoms. The molecule has 10 amide bonds. The number of hydrogen-bond donors (Lipinski definition) is 19. The summed E-state index contributed by atoms with van der Waals surface area (Å²) < 4.78 is 1.39. The van der Waals surface area contributed by atoms with Gasteiger partial charge in [0.05, 0.1) is 34.8 Å². The zero-order valence-corrected chi connectivity index (χ0v) is 67.9. The summed E-state index contributed by atoms with van der Waals surface area (Å²) in [5.41, 5.74) is -3.91. The van der Waals surface area contributed by atoms with Gasteiger partial charge in [0.2, 0.25) is 11.7 Å². The smallest absolute Gasteiger partial charge is 0.386 e. The van der Waals surface area contributed by atoms with Crippen LogP contribution in [0.2, 0.25) is 0 Å². The third kappa shape index (κ3) is 26.9. The van der Waals surface area contributed by atoms with Gasteiger partial charge in [0.15, 0.2) is 23.8 Å². The zero-order chi connectivity index (χ0) is 91.6. The fraction of sp³-hybridized carbons (Fsp3) is 0.392. The number of nitrogens with zero attached hydrogens (tertiary/aromatic N) is 8. The predicted molar refractivity (Wildman–Crippen MR) is 432 cm³/mol. The van der Waals surface area contributed by atoms with E-state index in [4.69, 9.17) is 5.11 Å². The summed E-state index contributed by atoms with van der Waals surface area (Å²) in [6, 6.07) is 11.2. The largest absolute Gasteiger partial charge is 0.502 e. The molecule has 45 nitrogen and oxygen atoms in total. The molecule has 0 bridgehead atoms. The van der Waals surface area contributed by atoms with Gasteiger partial charge in [-0.3, -0.25) is 101 Å². The van der Waals surface area contributed by atoms with Crippen LogP contribution in [-0.4, -0.2) is 282 Å². The van der Waals surface area contributed by atoms with Crippen LogP contribution in [0.1, 0.15) is 115 Å². The van der Waals surface area contributed by atoms with E-state index in [0.717, 1.165) is 37.3 Å². The molecule has 19 N–H and O–H groups in total. The lowest BCUT2D eigenvalue weighted by Crippen LogP contribution is -2.55. The quantitative estimate of drug-likeness (QED) is 0.0143. The van der Waals surface area contributed by atoms with Crippen LogP contribution in [0.5, 0.6) is 17.2 Å². The number of likely N-dealkylation sites (N-methyl/N-ethyl adjacent to an activating group) is 1. The number of benzene rings is 1. The first-order chi connectivity index (χ1) is 58.6. The number of carboxylic acid groups (broad SMARTS) is 6. The molecule has 0 fully saturated rings. The number of aryl methyl sites for hydroxylation is 3. The van der Waals surface area contributed by atoms with Gasteiger partial charge in [-0.05, 0) is 108 Å². The Morgan fingerprint density at radius 2 is 0.952 bits per heavy atom. The number of aromatic hydroxyl groups is 3. The molecule has 0 saturated carbocycles. The molecule has 0 aliphatic carbocycles. The molecule has 4 atom stereocenters. The van der Waals surface area contributed by atoms with Crippen molar-refractivity contribution < 1.29 is 127 Å². The standard InChI is InChI=1S/C79H95N17O28/c1-42-31-49(63(106)73(116)93(42)38-60(100)101)67(110)81-21-27-91(28-22-82-68(111)50-32-43(2)94(39-61(102)103)74(117)64(50)107)25-10-26-92(29-23-83-69(112)51-33-44(3)95(40-62(104)105)75(118)65(51)108)30-24-84-70(113)52-34-45(4)96(5,76(119)66(52)109)41-58(97)86-37-46-14-17-54(85-36-46)72(115)88-57(35-48-16-15-47-11-6-7-12-53(47)87-48)71(114)80-20-9-8-13-55(77(120)121)89-79(124)90-56(78(122)123)18-19-59(98)99/h6-7,11-12,14-17,31-34,36,55-57H,8-10,13,18-30,35,37-41H2,1-5H3,(H18-,80,81,82,83,84,86,88,89,90,97,98,99,100,101,102,103,104,105,106,107,108,109,110,111,112,113,114,115,120,121,122,123,124)/p+1/t55-,56-,57-,96?/m0/s1. The highest BCUT2D eigenvalue weighted by Gasteiger charge is 2.45. The van der Waals surface area contributed by atoms with Crippen LogP contribution in [0.25, 0.3) is 10.9 Å². The van der Waals surface area contributed by atoms with Crippen LogP contribution in [0.15, 0.2) is 110 Å². The van der Waals surface area contributed by atoms with Crippen molar-refractivity contribution in [2.24, 2.45) is 0 Å². The molecule has 1 aliphatic heterocycles. The number of pyridine rings is 5. The Labute approximate surface area is 703 Å². The first kappa shape index (κ1) is 96.4. The minimum Gasteiger partial charge on any atom is -0.502 e. The number of quaternary nitrogens is 1. The number of carboxylic acids is 6. The summed E-state index contributed by atoms with van der Waals surface area (Å²) in [5.74, 6) is -19.6. The number of hydrogen-bond acceptors (Lipinski definition) is 26. The molecule has 6 aromatic rings. The number of rotatable bonds is 47.